The van der Waals surface area contributed by atoms with Crippen molar-refractivity contribution >= 4 is 17.9 Å². The van der Waals surface area contributed by atoms with Crippen molar-refractivity contribution in [3.63, 3.8) is 0 Å². The third-order valence-corrected chi connectivity index (χ3v) is 16.4. The quantitative estimate of drug-likeness (QED) is 0.0211. The lowest BCUT2D eigenvalue weighted by Gasteiger charge is -2.25. The largest absolute Gasteiger partial charge is 0.477 e. The van der Waals surface area contributed by atoms with Crippen molar-refractivity contribution in [3.8, 4) is 0 Å². The number of hydrogen-bond donors (Lipinski definition) is 1. The Morgan fingerprint density at radius 2 is 0.613 bits per heavy atom. The first kappa shape index (κ1) is 88.4. The van der Waals surface area contributed by atoms with Crippen LogP contribution in [-0.4, -0.2) is 87.4 Å². The summed E-state index contributed by atoms with van der Waals surface area (Å²) in [5, 5.41) is 9.76. The zero-order valence-electron chi connectivity index (χ0n) is 60.9. The number of hydrogen-bond acceptors (Lipinski definition) is 7. The van der Waals surface area contributed by atoms with E-state index in [4.69, 9.17) is 18.9 Å². The van der Waals surface area contributed by atoms with Crippen LogP contribution in [0.15, 0.2) is 134 Å². The van der Waals surface area contributed by atoms with Gasteiger partial charge in [-0.1, -0.05) is 327 Å². The molecule has 0 aromatic heterocycles. The van der Waals surface area contributed by atoms with Gasteiger partial charge in [0.1, 0.15) is 13.2 Å². The van der Waals surface area contributed by atoms with Gasteiger partial charge in [-0.05, 0) is 116 Å². The molecule has 0 aliphatic carbocycles. The average Bonchev–Trinajstić information content (AvgIpc) is 3.73. The number of carboxylic acid groups (broad SMARTS) is 1. The van der Waals surface area contributed by atoms with E-state index in [0.717, 1.165) is 122 Å². The predicted octanol–water partition coefficient (Wildman–Crippen LogP) is 24.5. The summed E-state index contributed by atoms with van der Waals surface area (Å²) in [6.45, 7) is 4.77. The number of unbranched alkanes of at least 4 members (excludes halogenated alkanes) is 33. The number of allylic oxidation sites excluding steroid dienone is 22. The van der Waals surface area contributed by atoms with Crippen molar-refractivity contribution in [3.05, 3.63) is 134 Å². The van der Waals surface area contributed by atoms with Gasteiger partial charge in [0.05, 0.1) is 34.4 Å². The molecule has 0 amide bonds. The van der Waals surface area contributed by atoms with Crippen molar-refractivity contribution in [2.75, 3.05) is 47.5 Å². The molecule has 532 valence electrons. The molecule has 0 fully saturated rings. The lowest BCUT2D eigenvalue weighted by atomic mass is 10.0. The first-order valence-corrected chi connectivity index (χ1v) is 38.3. The lowest BCUT2D eigenvalue weighted by Crippen LogP contribution is -2.40. The summed E-state index contributed by atoms with van der Waals surface area (Å²) in [6.07, 6.45) is 103. The summed E-state index contributed by atoms with van der Waals surface area (Å²) in [5.41, 5.74) is 0. The second-order valence-corrected chi connectivity index (χ2v) is 26.6. The fraction of sp³-hybridized carbons (Fsp3) is 0.702. The van der Waals surface area contributed by atoms with Crippen LogP contribution in [0, 0.1) is 0 Å². The molecule has 2 atom stereocenters. The summed E-state index contributed by atoms with van der Waals surface area (Å²) in [5.74, 6) is -2.02. The van der Waals surface area contributed by atoms with Crippen LogP contribution in [0.2, 0.25) is 0 Å². The highest BCUT2D eigenvalue weighted by molar-refractivity contribution is 5.71. The van der Waals surface area contributed by atoms with Crippen LogP contribution < -0.4 is 0 Å². The second-order valence-electron chi connectivity index (χ2n) is 26.6. The van der Waals surface area contributed by atoms with Crippen LogP contribution in [0.4, 0.5) is 0 Å². The third-order valence-electron chi connectivity index (χ3n) is 16.4. The molecule has 9 heteroatoms. The first-order valence-electron chi connectivity index (χ1n) is 38.3. The molecule has 0 aromatic carbocycles. The van der Waals surface area contributed by atoms with E-state index in [1.165, 1.54) is 167 Å². The topological polar surface area (TPSA) is 108 Å². The predicted molar refractivity (Wildman–Crippen MR) is 401 cm³/mol. The van der Waals surface area contributed by atoms with Crippen LogP contribution in [0.5, 0.6) is 0 Å². The van der Waals surface area contributed by atoms with Crippen LogP contribution in [0.1, 0.15) is 322 Å². The van der Waals surface area contributed by atoms with Gasteiger partial charge in [-0.15, -0.1) is 0 Å². The average molecular weight is 1300 g/mol. The maximum absolute atomic E-state index is 13.0. The van der Waals surface area contributed by atoms with E-state index < -0.39 is 24.3 Å². The molecule has 0 saturated carbocycles. The Hall–Kier alpha value is -4.57. The fourth-order valence-corrected chi connectivity index (χ4v) is 10.6. The minimum absolute atomic E-state index is 0.179. The van der Waals surface area contributed by atoms with Crippen molar-refractivity contribution in [1.82, 2.24) is 0 Å². The number of likely N-dealkylation sites (N-methyl/N-ethyl adjacent to an activating group) is 1. The third kappa shape index (κ3) is 74.7. The lowest BCUT2D eigenvalue weighted by molar-refractivity contribution is -0.870. The van der Waals surface area contributed by atoms with Crippen molar-refractivity contribution in [1.29, 1.82) is 0 Å². The summed E-state index contributed by atoms with van der Waals surface area (Å²) in [4.78, 5) is 37.7. The Kier molecular flexibility index (Phi) is 69.6. The molecule has 9 nitrogen and oxygen atoms in total. The van der Waals surface area contributed by atoms with E-state index in [2.05, 4.69) is 148 Å². The van der Waals surface area contributed by atoms with Gasteiger partial charge < -0.3 is 28.5 Å². The standard InChI is InChI=1S/C84H143NO8/c1-6-8-10-12-14-16-18-20-22-24-26-28-30-32-34-36-38-39-40-41-42-43-45-47-49-51-53-55-57-59-61-63-65-67-69-71-73-75-82(87)93-80(79-92-84(83(88)89)90-77-76-85(3,4)5)78-91-81(86)74-72-70-68-66-64-62-60-58-56-54-52-50-48-46-44-37-35-33-31-29-27-25-23-21-19-17-15-13-11-9-7-2/h8,10,14,16,20,22,25-28,32,34,38-39,41-42,45,47,51,53,57,59,80,84H,6-7,9,11-13,15,17-19,21,23-24,29-31,33,35-37,40,43-44,46,48-50,52,54-56,58,60-79H2,1-5H3/p+1/b10-8-,16-14-,22-20-,27-25-,28-26-,34-32-,39-38-,42-41-,47-45-,53-51-,59-57-. The fourth-order valence-electron chi connectivity index (χ4n) is 10.6. The molecule has 0 aliphatic heterocycles. The monoisotopic (exact) mass is 1300 g/mol. The number of rotatable bonds is 70. The molecular formula is C84H144NO8+. The van der Waals surface area contributed by atoms with Gasteiger partial charge in [0.2, 0.25) is 0 Å². The normalized spacial score (nSPS) is 13.4. The van der Waals surface area contributed by atoms with E-state index in [1.54, 1.807) is 0 Å². The molecule has 0 aromatic rings. The zero-order chi connectivity index (χ0) is 67.5. The summed E-state index contributed by atoms with van der Waals surface area (Å²) >= 11 is 0. The molecule has 0 spiro atoms. The number of ether oxygens (including phenoxy) is 4. The Bertz CT molecular complexity index is 2000. The van der Waals surface area contributed by atoms with E-state index in [-0.39, 0.29) is 32.2 Å². The number of carbonyl (C=O) groups excluding carboxylic acids is 2. The molecule has 0 aliphatic rings. The first-order chi connectivity index (χ1) is 45.6. The van der Waals surface area contributed by atoms with Crippen LogP contribution >= 0.6 is 0 Å². The van der Waals surface area contributed by atoms with Gasteiger partial charge in [-0.2, -0.15) is 0 Å². The van der Waals surface area contributed by atoms with Gasteiger partial charge >= 0.3 is 17.9 Å². The Morgan fingerprint density at radius 1 is 0.333 bits per heavy atom. The molecule has 0 radical (unpaired) electrons. The summed E-state index contributed by atoms with van der Waals surface area (Å²) in [6, 6.07) is 0. The Labute approximate surface area is 573 Å². The molecule has 1 N–H and O–H groups in total. The highest BCUT2D eigenvalue weighted by Crippen LogP contribution is 2.18. The second kappa shape index (κ2) is 73.2. The summed E-state index contributed by atoms with van der Waals surface area (Å²) in [7, 11) is 5.97. The van der Waals surface area contributed by atoms with Crippen LogP contribution in [-0.2, 0) is 33.3 Å². The van der Waals surface area contributed by atoms with Crippen molar-refractivity contribution < 1.29 is 42.9 Å². The number of quaternary nitrogens is 1. The van der Waals surface area contributed by atoms with E-state index in [9.17, 15) is 19.5 Å². The molecule has 0 bridgehead atoms. The Balaban J connectivity index is 4.14. The van der Waals surface area contributed by atoms with E-state index in [0.29, 0.717) is 23.9 Å². The van der Waals surface area contributed by atoms with Gasteiger partial charge in [-0.25, -0.2) is 4.79 Å². The summed E-state index contributed by atoms with van der Waals surface area (Å²) < 4.78 is 23.0. The highest BCUT2D eigenvalue weighted by Gasteiger charge is 2.25. The highest BCUT2D eigenvalue weighted by atomic mass is 16.7. The van der Waals surface area contributed by atoms with E-state index in [1.807, 2.05) is 21.1 Å². The van der Waals surface area contributed by atoms with Crippen LogP contribution in [0.25, 0.3) is 0 Å². The minimum atomic E-state index is -1.52. The molecular weight excluding hydrogens is 1150 g/mol. The number of esters is 2. The SMILES string of the molecule is CC/C=C\C/C=C\C/C=C\C/C=C\C/C=C\C/C=C\C/C=C\C/C=C\C/C=C\C/C=C\CCCCCCCCC(=O)OC(COC(=O)CCCCCCCCCCCCCCCCCCCCC/C=C\CCCCCCCCCC)COC(OCC[N+](C)(C)C)C(=O)O. The number of nitrogens with zero attached hydrogens (tertiary/aromatic N) is 1. The molecule has 0 heterocycles. The van der Waals surface area contributed by atoms with Crippen molar-refractivity contribution in [2.45, 2.75) is 334 Å². The van der Waals surface area contributed by atoms with Gasteiger partial charge in [0, 0.05) is 12.8 Å². The van der Waals surface area contributed by atoms with E-state index >= 15 is 0 Å². The maximum Gasteiger partial charge on any atom is 0.361 e. The molecule has 0 saturated heterocycles. The van der Waals surface area contributed by atoms with Gasteiger partial charge in [0.25, 0.3) is 6.29 Å². The number of aliphatic carboxylic acids is 1. The maximum atomic E-state index is 13.0. The number of carbonyl (C=O) groups is 3. The molecule has 0 rings (SSSR count). The van der Waals surface area contributed by atoms with Gasteiger partial charge in [0.15, 0.2) is 6.10 Å². The number of carboxylic acids is 1. The van der Waals surface area contributed by atoms with Crippen molar-refractivity contribution in [2.24, 2.45) is 0 Å². The Morgan fingerprint density at radius 3 is 0.925 bits per heavy atom. The van der Waals surface area contributed by atoms with Crippen LogP contribution in [0.3, 0.4) is 0 Å². The minimum Gasteiger partial charge on any atom is -0.477 e. The molecule has 93 heavy (non-hydrogen) atoms. The zero-order valence-corrected chi connectivity index (χ0v) is 60.9. The molecule has 2 unspecified atom stereocenters. The smallest absolute Gasteiger partial charge is 0.361 e. The van der Waals surface area contributed by atoms with Gasteiger partial charge in [-0.3, -0.25) is 9.59 Å².